The first-order chi connectivity index (χ1) is 6.93. The van der Waals surface area contributed by atoms with E-state index in [-0.39, 0.29) is 11.9 Å². The Morgan fingerprint density at radius 1 is 1.33 bits per heavy atom. The number of amides is 1. The lowest BCUT2D eigenvalue weighted by atomic mass is 10.1. The van der Waals surface area contributed by atoms with E-state index in [0.717, 1.165) is 6.54 Å². The highest BCUT2D eigenvalue weighted by atomic mass is 16.1. The number of nitrogens with one attached hydrogen (secondary N) is 2. The van der Waals surface area contributed by atoms with Crippen LogP contribution in [0.2, 0.25) is 0 Å². The van der Waals surface area contributed by atoms with Gasteiger partial charge in [-0.05, 0) is 31.1 Å². The molecule has 3 heteroatoms. The zero-order valence-electron chi connectivity index (χ0n) is 10.4. The van der Waals surface area contributed by atoms with Crippen LogP contribution in [0.3, 0.4) is 0 Å². The highest BCUT2D eigenvalue weighted by molar-refractivity contribution is 5.78. The summed E-state index contributed by atoms with van der Waals surface area (Å²) in [5.41, 5.74) is 0.476. The van der Waals surface area contributed by atoms with Crippen LogP contribution in [0.5, 0.6) is 0 Å². The normalized spacial score (nSPS) is 20.1. The van der Waals surface area contributed by atoms with Gasteiger partial charge in [-0.25, -0.2) is 0 Å². The summed E-state index contributed by atoms with van der Waals surface area (Å²) in [6, 6.07) is 0.260. The Bertz CT molecular complexity index is 222. The number of carbonyl (C=O) groups is 1. The lowest BCUT2D eigenvalue weighted by molar-refractivity contribution is -0.121. The maximum absolute atomic E-state index is 11.5. The highest BCUT2D eigenvalue weighted by Crippen LogP contribution is 2.43. The molecule has 1 unspecified atom stereocenters. The van der Waals surface area contributed by atoms with Gasteiger partial charge in [-0.3, -0.25) is 4.79 Å². The maximum atomic E-state index is 11.5. The SMILES string of the molecule is CC(C)C(C)NC(=O)CNCC1(C)CC1. The molecule has 0 aromatic heterocycles. The van der Waals surface area contributed by atoms with Crippen LogP contribution in [0.4, 0.5) is 0 Å². The molecule has 1 amide bonds. The van der Waals surface area contributed by atoms with Crippen molar-refractivity contribution in [1.82, 2.24) is 10.6 Å². The van der Waals surface area contributed by atoms with Crippen molar-refractivity contribution in [2.45, 2.75) is 46.6 Å². The van der Waals surface area contributed by atoms with Gasteiger partial charge in [0.25, 0.3) is 0 Å². The summed E-state index contributed by atoms with van der Waals surface area (Å²) in [4.78, 5) is 11.5. The zero-order valence-corrected chi connectivity index (χ0v) is 10.4. The Kier molecular flexibility index (Phi) is 4.14. The Balaban J connectivity index is 2.08. The highest BCUT2D eigenvalue weighted by Gasteiger charge is 2.36. The van der Waals surface area contributed by atoms with Crippen LogP contribution in [0.25, 0.3) is 0 Å². The van der Waals surface area contributed by atoms with Gasteiger partial charge < -0.3 is 10.6 Å². The molecule has 1 saturated carbocycles. The van der Waals surface area contributed by atoms with Crippen LogP contribution >= 0.6 is 0 Å². The van der Waals surface area contributed by atoms with E-state index in [1.54, 1.807) is 0 Å². The third-order valence-corrected chi connectivity index (χ3v) is 3.33. The molecule has 1 aliphatic carbocycles. The fraction of sp³-hybridized carbons (Fsp3) is 0.917. The van der Waals surface area contributed by atoms with Gasteiger partial charge in [0.05, 0.1) is 6.54 Å². The minimum atomic E-state index is 0.112. The second kappa shape index (κ2) is 4.97. The molecule has 1 fully saturated rings. The van der Waals surface area contributed by atoms with Crippen molar-refractivity contribution in [1.29, 1.82) is 0 Å². The maximum Gasteiger partial charge on any atom is 0.234 e. The molecule has 1 aliphatic rings. The number of rotatable bonds is 6. The topological polar surface area (TPSA) is 41.1 Å². The van der Waals surface area contributed by atoms with Gasteiger partial charge in [0, 0.05) is 12.6 Å². The van der Waals surface area contributed by atoms with Crippen LogP contribution in [0.15, 0.2) is 0 Å². The van der Waals surface area contributed by atoms with Crippen molar-refractivity contribution < 1.29 is 4.79 Å². The molecule has 2 N–H and O–H groups in total. The molecule has 0 aliphatic heterocycles. The first-order valence-corrected chi connectivity index (χ1v) is 5.93. The van der Waals surface area contributed by atoms with Crippen LogP contribution in [0, 0.1) is 11.3 Å². The standard InChI is InChI=1S/C12H24N2O/c1-9(2)10(3)14-11(15)7-13-8-12(4)5-6-12/h9-10,13H,5-8H2,1-4H3,(H,14,15). The van der Waals surface area contributed by atoms with Crippen molar-refractivity contribution in [2.75, 3.05) is 13.1 Å². The van der Waals surface area contributed by atoms with E-state index in [1.165, 1.54) is 12.8 Å². The van der Waals surface area contributed by atoms with Crippen molar-refractivity contribution >= 4 is 5.91 Å². The van der Waals surface area contributed by atoms with Crippen LogP contribution in [0.1, 0.15) is 40.5 Å². The zero-order chi connectivity index (χ0) is 11.5. The van der Waals surface area contributed by atoms with Gasteiger partial charge in [0.15, 0.2) is 0 Å². The number of hydrogen-bond donors (Lipinski definition) is 2. The van der Waals surface area contributed by atoms with Crippen LogP contribution < -0.4 is 10.6 Å². The number of carbonyl (C=O) groups excluding carboxylic acids is 1. The molecule has 0 aromatic carbocycles. The van der Waals surface area contributed by atoms with E-state index in [9.17, 15) is 4.79 Å². The summed E-state index contributed by atoms with van der Waals surface area (Å²) in [5.74, 6) is 0.607. The van der Waals surface area contributed by atoms with E-state index in [1.807, 2.05) is 6.92 Å². The molecule has 0 bridgehead atoms. The predicted octanol–water partition coefficient (Wildman–Crippen LogP) is 1.54. The summed E-state index contributed by atoms with van der Waals surface area (Å²) in [6.45, 7) is 9.95. The van der Waals surface area contributed by atoms with Gasteiger partial charge in [-0.1, -0.05) is 20.8 Å². The van der Waals surface area contributed by atoms with Gasteiger partial charge in [-0.15, -0.1) is 0 Å². The lowest BCUT2D eigenvalue weighted by Crippen LogP contribution is -2.42. The van der Waals surface area contributed by atoms with Crippen LogP contribution in [-0.4, -0.2) is 25.0 Å². The monoisotopic (exact) mass is 212 g/mol. The van der Waals surface area contributed by atoms with E-state index in [4.69, 9.17) is 0 Å². The average molecular weight is 212 g/mol. The van der Waals surface area contributed by atoms with Crippen molar-refractivity contribution in [2.24, 2.45) is 11.3 Å². The first-order valence-electron chi connectivity index (χ1n) is 5.93. The minimum Gasteiger partial charge on any atom is -0.352 e. The molecule has 0 saturated heterocycles. The third kappa shape index (κ3) is 4.65. The number of hydrogen-bond acceptors (Lipinski definition) is 2. The molecule has 3 nitrogen and oxygen atoms in total. The average Bonchev–Trinajstić information content (AvgIpc) is 2.83. The third-order valence-electron chi connectivity index (χ3n) is 3.33. The van der Waals surface area contributed by atoms with E-state index in [0.29, 0.717) is 17.9 Å². The van der Waals surface area contributed by atoms with Crippen molar-refractivity contribution in [3.63, 3.8) is 0 Å². The quantitative estimate of drug-likeness (QED) is 0.701. The van der Waals surface area contributed by atoms with Crippen LogP contribution in [-0.2, 0) is 4.79 Å². The summed E-state index contributed by atoms with van der Waals surface area (Å²) in [5, 5.41) is 6.20. The van der Waals surface area contributed by atoms with E-state index < -0.39 is 0 Å². The molecular formula is C12H24N2O. The van der Waals surface area contributed by atoms with Crippen molar-refractivity contribution in [3.8, 4) is 0 Å². The Labute approximate surface area is 93.0 Å². The molecule has 15 heavy (non-hydrogen) atoms. The summed E-state index contributed by atoms with van der Waals surface area (Å²) >= 11 is 0. The van der Waals surface area contributed by atoms with Gasteiger partial charge >= 0.3 is 0 Å². The van der Waals surface area contributed by atoms with Gasteiger partial charge in [-0.2, -0.15) is 0 Å². The fourth-order valence-corrected chi connectivity index (χ4v) is 1.34. The molecule has 1 rings (SSSR count). The predicted molar refractivity (Wildman–Crippen MR) is 62.7 cm³/mol. The second-order valence-corrected chi connectivity index (χ2v) is 5.51. The van der Waals surface area contributed by atoms with Gasteiger partial charge in [0.2, 0.25) is 5.91 Å². The molecule has 0 aromatic rings. The molecule has 88 valence electrons. The van der Waals surface area contributed by atoms with E-state index >= 15 is 0 Å². The summed E-state index contributed by atoms with van der Waals surface area (Å²) in [6.07, 6.45) is 2.59. The van der Waals surface area contributed by atoms with E-state index in [2.05, 4.69) is 31.4 Å². The molecule has 0 spiro atoms. The van der Waals surface area contributed by atoms with Crippen molar-refractivity contribution in [3.05, 3.63) is 0 Å². The summed E-state index contributed by atoms with van der Waals surface area (Å²) < 4.78 is 0. The summed E-state index contributed by atoms with van der Waals surface area (Å²) in [7, 11) is 0. The van der Waals surface area contributed by atoms with Gasteiger partial charge in [0.1, 0.15) is 0 Å². The Morgan fingerprint density at radius 2 is 1.93 bits per heavy atom. The largest absolute Gasteiger partial charge is 0.352 e. The molecule has 1 atom stereocenters. The first kappa shape index (κ1) is 12.5. The minimum absolute atomic E-state index is 0.112. The second-order valence-electron chi connectivity index (χ2n) is 5.51. The Hall–Kier alpha value is -0.570. The molecular weight excluding hydrogens is 188 g/mol. The fourth-order valence-electron chi connectivity index (χ4n) is 1.34. The smallest absolute Gasteiger partial charge is 0.234 e. The Morgan fingerprint density at radius 3 is 2.40 bits per heavy atom. The molecule has 0 heterocycles. The molecule has 0 radical (unpaired) electrons. The lowest BCUT2D eigenvalue weighted by Gasteiger charge is -2.18.